The lowest BCUT2D eigenvalue weighted by molar-refractivity contribution is 0.0950. The van der Waals surface area contributed by atoms with Crippen LogP contribution in [0.25, 0.3) is 0 Å². The van der Waals surface area contributed by atoms with Crippen molar-refractivity contribution in [1.82, 2.24) is 10.4 Å². The summed E-state index contributed by atoms with van der Waals surface area (Å²) in [7, 11) is 0. The average molecular weight is 327 g/mol. The van der Waals surface area contributed by atoms with Crippen LogP contribution in [0.4, 0.5) is 0 Å². The highest BCUT2D eigenvalue weighted by molar-refractivity contribution is 5.93. The molecule has 1 heterocycles. The number of nitrogens with one attached hydrogen (secondary N) is 1. The molecule has 2 rings (SSSR count). The standard InChI is InChI=1S/C18H21N3O3/c1-3-11-24-16-9-8-14(12-17(16)23-4-2)13-20-21-18(22)15-7-5-6-10-19-15/h5-10,12-13H,3-4,11H2,1-2H3,(H,21,22)/b20-13-. The highest BCUT2D eigenvalue weighted by Gasteiger charge is 2.06. The van der Waals surface area contributed by atoms with Gasteiger partial charge in [-0.05, 0) is 49.2 Å². The van der Waals surface area contributed by atoms with E-state index in [1.165, 1.54) is 0 Å². The van der Waals surface area contributed by atoms with E-state index < -0.39 is 0 Å². The van der Waals surface area contributed by atoms with Crippen molar-refractivity contribution in [3.8, 4) is 11.5 Å². The zero-order valence-electron chi connectivity index (χ0n) is 13.9. The molecule has 0 saturated carbocycles. The fourth-order valence-electron chi connectivity index (χ4n) is 1.92. The molecule has 126 valence electrons. The maximum Gasteiger partial charge on any atom is 0.289 e. The van der Waals surface area contributed by atoms with E-state index in [9.17, 15) is 4.79 Å². The van der Waals surface area contributed by atoms with Gasteiger partial charge in [0, 0.05) is 6.20 Å². The summed E-state index contributed by atoms with van der Waals surface area (Å²) in [6.07, 6.45) is 4.03. The number of benzene rings is 1. The van der Waals surface area contributed by atoms with E-state index >= 15 is 0 Å². The topological polar surface area (TPSA) is 72.8 Å². The first kappa shape index (κ1) is 17.5. The monoisotopic (exact) mass is 327 g/mol. The number of carbonyl (C=O) groups excluding carboxylic acids is 1. The van der Waals surface area contributed by atoms with Crippen molar-refractivity contribution in [1.29, 1.82) is 0 Å². The number of hydrogen-bond donors (Lipinski definition) is 1. The van der Waals surface area contributed by atoms with Crippen molar-refractivity contribution in [3.63, 3.8) is 0 Å². The Bertz CT molecular complexity index is 687. The Morgan fingerprint density at radius 1 is 1.21 bits per heavy atom. The van der Waals surface area contributed by atoms with Crippen molar-refractivity contribution in [2.45, 2.75) is 20.3 Å². The first-order valence-electron chi connectivity index (χ1n) is 7.88. The van der Waals surface area contributed by atoms with E-state index in [-0.39, 0.29) is 5.91 Å². The second kappa shape index (κ2) is 9.29. The molecular formula is C18H21N3O3. The van der Waals surface area contributed by atoms with E-state index in [1.807, 2.05) is 32.0 Å². The maximum absolute atomic E-state index is 11.8. The molecule has 0 unspecified atom stereocenters. The summed E-state index contributed by atoms with van der Waals surface area (Å²) in [6.45, 7) is 5.14. The summed E-state index contributed by atoms with van der Waals surface area (Å²) >= 11 is 0. The van der Waals surface area contributed by atoms with Gasteiger partial charge in [-0.3, -0.25) is 9.78 Å². The zero-order valence-corrected chi connectivity index (χ0v) is 13.9. The third kappa shape index (κ3) is 5.08. The molecule has 1 N–H and O–H groups in total. The summed E-state index contributed by atoms with van der Waals surface area (Å²) in [5.74, 6) is 0.999. The SMILES string of the molecule is CCCOc1ccc(/C=N\NC(=O)c2ccccn2)cc1OCC. The van der Waals surface area contributed by atoms with Crippen LogP contribution in [-0.4, -0.2) is 30.3 Å². The smallest absolute Gasteiger partial charge is 0.289 e. The summed E-state index contributed by atoms with van der Waals surface area (Å²) < 4.78 is 11.2. The second-order valence-electron chi connectivity index (χ2n) is 4.90. The number of nitrogens with zero attached hydrogens (tertiary/aromatic N) is 2. The number of hydrogen-bond acceptors (Lipinski definition) is 5. The van der Waals surface area contributed by atoms with E-state index in [1.54, 1.807) is 30.6 Å². The molecule has 24 heavy (non-hydrogen) atoms. The van der Waals surface area contributed by atoms with Gasteiger partial charge in [-0.25, -0.2) is 5.43 Å². The molecule has 0 radical (unpaired) electrons. The number of amides is 1. The fourth-order valence-corrected chi connectivity index (χ4v) is 1.92. The minimum Gasteiger partial charge on any atom is -0.490 e. The van der Waals surface area contributed by atoms with Crippen molar-refractivity contribution in [2.24, 2.45) is 5.10 Å². The Hall–Kier alpha value is -2.89. The molecule has 1 aromatic heterocycles. The van der Waals surface area contributed by atoms with Crippen LogP contribution in [0.2, 0.25) is 0 Å². The van der Waals surface area contributed by atoms with E-state index in [0.717, 1.165) is 12.0 Å². The van der Waals surface area contributed by atoms with Gasteiger partial charge in [-0.2, -0.15) is 5.10 Å². The van der Waals surface area contributed by atoms with Gasteiger partial charge >= 0.3 is 0 Å². The molecular weight excluding hydrogens is 306 g/mol. The number of rotatable bonds is 8. The summed E-state index contributed by atoms with van der Waals surface area (Å²) in [4.78, 5) is 15.8. The molecule has 1 amide bonds. The van der Waals surface area contributed by atoms with E-state index in [2.05, 4.69) is 15.5 Å². The molecule has 0 aliphatic carbocycles. The van der Waals surface area contributed by atoms with Crippen LogP contribution in [0, 0.1) is 0 Å². The predicted molar refractivity (Wildman–Crippen MR) is 92.7 cm³/mol. The highest BCUT2D eigenvalue weighted by Crippen LogP contribution is 2.28. The highest BCUT2D eigenvalue weighted by atomic mass is 16.5. The maximum atomic E-state index is 11.8. The molecule has 0 fully saturated rings. The predicted octanol–water partition coefficient (Wildman–Crippen LogP) is 3.03. The zero-order chi connectivity index (χ0) is 17.2. The molecule has 2 aromatic rings. The number of hydrazone groups is 1. The Balaban J connectivity index is 2.03. The van der Waals surface area contributed by atoms with Crippen LogP contribution >= 0.6 is 0 Å². The number of ether oxygens (including phenoxy) is 2. The largest absolute Gasteiger partial charge is 0.490 e. The first-order valence-corrected chi connectivity index (χ1v) is 7.88. The number of aromatic nitrogens is 1. The van der Waals surface area contributed by atoms with Crippen LogP contribution in [0.3, 0.4) is 0 Å². The number of pyridine rings is 1. The van der Waals surface area contributed by atoms with Crippen LogP contribution in [-0.2, 0) is 0 Å². The lowest BCUT2D eigenvalue weighted by Gasteiger charge is -2.11. The van der Waals surface area contributed by atoms with Gasteiger partial charge in [0.05, 0.1) is 19.4 Å². The quantitative estimate of drug-likeness (QED) is 0.597. The van der Waals surface area contributed by atoms with Gasteiger partial charge in [0.1, 0.15) is 5.69 Å². The molecule has 0 aliphatic rings. The van der Waals surface area contributed by atoms with Crippen molar-refractivity contribution in [2.75, 3.05) is 13.2 Å². The van der Waals surface area contributed by atoms with Gasteiger partial charge < -0.3 is 9.47 Å². The molecule has 0 bridgehead atoms. The third-order valence-corrected chi connectivity index (χ3v) is 3.01. The first-order chi connectivity index (χ1) is 11.7. The van der Waals surface area contributed by atoms with Gasteiger partial charge in [-0.1, -0.05) is 13.0 Å². The van der Waals surface area contributed by atoms with Crippen LogP contribution in [0.5, 0.6) is 11.5 Å². The molecule has 0 saturated heterocycles. The van der Waals surface area contributed by atoms with Crippen LogP contribution in [0.1, 0.15) is 36.3 Å². The van der Waals surface area contributed by atoms with Gasteiger partial charge in [0.15, 0.2) is 11.5 Å². The number of carbonyl (C=O) groups is 1. The molecule has 0 atom stereocenters. The summed E-state index contributed by atoms with van der Waals surface area (Å²) in [6, 6.07) is 10.6. The van der Waals surface area contributed by atoms with Crippen LogP contribution < -0.4 is 14.9 Å². The van der Waals surface area contributed by atoms with Crippen LogP contribution in [0.15, 0.2) is 47.7 Å². The van der Waals surface area contributed by atoms with Gasteiger partial charge in [0.25, 0.3) is 5.91 Å². The van der Waals surface area contributed by atoms with E-state index in [0.29, 0.717) is 30.4 Å². The van der Waals surface area contributed by atoms with Gasteiger partial charge in [-0.15, -0.1) is 0 Å². The Labute approximate surface area is 141 Å². The second-order valence-corrected chi connectivity index (χ2v) is 4.90. The molecule has 0 spiro atoms. The fraction of sp³-hybridized carbons (Fsp3) is 0.278. The Morgan fingerprint density at radius 2 is 2.08 bits per heavy atom. The summed E-state index contributed by atoms with van der Waals surface area (Å²) in [5.41, 5.74) is 3.55. The third-order valence-electron chi connectivity index (χ3n) is 3.01. The van der Waals surface area contributed by atoms with E-state index in [4.69, 9.17) is 9.47 Å². The summed E-state index contributed by atoms with van der Waals surface area (Å²) in [5, 5.41) is 3.95. The van der Waals surface area contributed by atoms with Crippen molar-refractivity contribution in [3.05, 3.63) is 53.9 Å². The average Bonchev–Trinajstić information content (AvgIpc) is 2.62. The Kier molecular flexibility index (Phi) is 6.76. The lowest BCUT2D eigenvalue weighted by Crippen LogP contribution is -2.18. The molecule has 6 nitrogen and oxygen atoms in total. The lowest BCUT2D eigenvalue weighted by atomic mass is 10.2. The Morgan fingerprint density at radius 3 is 2.79 bits per heavy atom. The molecule has 6 heteroatoms. The molecule has 0 aliphatic heterocycles. The van der Waals surface area contributed by atoms with Gasteiger partial charge in [0.2, 0.25) is 0 Å². The molecule has 1 aromatic carbocycles. The van der Waals surface area contributed by atoms with Crippen molar-refractivity contribution >= 4 is 12.1 Å². The minimum atomic E-state index is -0.361. The van der Waals surface area contributed by atoms with Crippen molar-refractivity contribution < 1.29 is 14.3 Å². The minimum absolute atomic E-state index is 0.313. The normalized spacial score (nSPS) is 10.6.